The number of thioether (sulfide) groups is 1. The molecule has 1 aromatic carbocycles. The maximum atomic E-state index is 5.77. The predicted molar refractivity (Wildman–Crippen MR) is 65.2 cm³/mol. The molecule has 0 aromatic heterocycles. The number of nitrogen functional groups attached to an aromatic ring is 1. The summed E-state index contributed by atoms with van der Waals surface area (Å²) in [5, 5.41) is 0. The van der Waals surface area contributed by atoms with E-state index in [1.165, 1.54) is 16.9 Å². The molecule has 0 spiro atoms. The van der Waals surface area contributed by atoms with Crippen LogP contribution in [-0.4, -0.2) is 19.0 Å². The van der Waals surface area contributed by atoms with E-state index in [9.17, 15) is 0 Å². The lowest BCUT2D eigenvalue weighted by molar-refractivity contribution is 0.189. The molecule has 2 N–H and O–H groups in total. The van der Waals surface area contributed by atoms with Crippen LogP contribution >= 0.6 is 11.8 Å². The Kier molecular flexibility index (Phi) is 3.54. The molecule has 1 aliphatic rings. The number of anilines is 1. The molecule has 15 heavy (non-hydrogen) atoms. The zero-order valence-electron chi connectivity index (χ0n) is 9.03. The minimum Gasteiger partial charge on any atom is -0.399 e. The first kappa shape index (κ1) is 10.8. The molecule has 2 nitrogen and oxygen atoms in total. The first-order valence-corrected chi connectivity index (χ1v) is 6.31. The molecule has 0 bridgehead atoms. The van der Waals surface area contributed by atoms with Gasteiger partial charge in [0.05, 0.1) is 6.61 Å². The Morgan fingerprint density at radius 1 is 1.53 bits per heavy atom. The van der Waals surface area contributed by atoms with Gasteiger partial charge in [-0.2, -0.15) is 0 Å². The average molecular weight is 223 g/mol. The first-order valence-electron chi connectivity index (χ1n) is 5.32. The zero-order chi connectivity index (χ0) is 10.7. The van der Waals surface area contributed by atoms with Crippen LogP contribution < -0.4 is 5.73 Å². The van der Waals surface area contributed by atoms with Gasteiger partial charge in [-0.25, -0.2) is 0 Å². The van der Waals surface area contributed by atoms with Gasteiger partial charge < -0.3 is 10.5 Å². The number of nitrogens with two attached hydrogens (primary N) is 1. The Hall–Kier alpha value is -0.670. The maximum absolute atomic E-state index is 5.77. The van der Waals surface area contributed by atoms with Gasteiger partial charge in [0.2, 0.25) is 0 Å². The van der Waals surface area contributed by atoms with Crippen LogP contribution in [0.15, 0.2) is 23.1 Å². The van der Waals surface area contributed by atoms with E-state index in [1.807, 2.05) is 17.8 Å². The van der Waals surface area contributed by atoms with Gasteiger partial charge in [0.25, 0.3) is 0 Å². The van der Waals surface area contributed by atoms with Crippen molar-refractivity contribution in [1.82, 2.24) is 0 Å². The largest absolute Gasteiger partial charge is 0.399 e. The lowest BCUT2D eigenvalue weighted by Crippen LogP contribution is -2.02. The van der Waals surface area contributed by atoms with Crippen LogP contribution in [0.3, 0.4) is 0 Å². The quantitative estimate of drug-likeness (QED) is 0.632. The summed E-state index contributed by atoms with van der Waals surface area (Å²) in [5.41, 5.74) is 7.94. The molecule has 1 aliphatic heterocycles. The van der Waals surface area contributed by atoms with Gasteiger partial charge in [0, 0.05) is 22.9 Å². The number of rotatable bonds is 3. The highest BCUT2D eigenvalue weighted by Gasteiger charge is 2.15. The molecule has 0 saturated carbocycles. The number of aryl methyl sites for hydroxylation is 1. The summed E-state index contributed by atoms with van der Waals surface area (Å²) in [6.45, 7) is 3.99. The monoisotopic (exact) mass is 223 g/mol. The fourth-order valence-corrected chi connectivity index (χ4v) is 2.89. The molecule has 1 atom stereocenters. The fourth-order valence-electron chi connectivity index (χ4n) is 1.69. The molecule has 82 valence electrons. The normalized spacial score (nSPS) is 20.7. The molecule has 1 unspecified atom stereocenters. The standard InChI is InChI=1S/C12H17NOS/c1-9-2-3-11(13)6-12(9)15-8-10-4-5-14-7-10/h2-3,6,10H,4-5,7-8,13H2,1H3. The van der Waals surface area contributed by atoms with Crippen molar-refractivity contribution in [2.24, 2.45) is 5.92 Å². The number of hydrogen-bond acceptors (Lipinski definition) is 3. The second kappa shape index (κ2) is 4.90. The van der Waals surface area contributed by atoms with E-state index in [1.54, 1.807) is 0 Å². The Morgan fingerprint density at radius 3 is 3.13 bits per heavy atom. The van der Waals surface area contributed by atoms with E-state index in [0.29, 0.717) is 0 Å². The van der Waals surface area contributed by atoms with Crippen LogP contribution in [0.25, 0.3) is 0 Å². The van der Waals surface area contributed by atoms with Crippen molar-refractivity contribution in [3.05, 3.63) is 23.8 Å². The third-order valence-corrected chi connectivity index (χ3v) is 4.10. The summed E-state index contributed by atoms with van der Waals surface area (Å²) in [6, 6.07) is 6.11. The second-order valence-corrected chi connectivity index (χ2v) is 5.13. The smallest absolute Gasteiger partial charge is 0.0503 e. The third kappa shape index (κ3) is 2.89. The van der Waals surface area contributed by atoms with Gasteiger partial charge in [-0.05, 0) is 37.0 Å². The molecule has 2 rings (SSSR count). The van der Waals surface area contributed by atoms with E-state index in [2.05, 4.69) is 19.1 Å². The molecule has 0 radical (unpaired) electrons. The molecule has 0 amide bonds. The summed E-state index contributed by atoms with van der Waals surface area (Å²) < 4.78 is 5.36. The zero-order valence-corrected chi connectivity index (χ0v) is 9.85. The van der Waals surface area contributed by atoms with Crippen molar-refractivity contribution < 1.29 is 4.74 Å². The van der Waals surface area contributed by atoms with Crippen LogP contribution in [0.5, 0.6) is 0 Å². The predicted octanol–water partition coefficient (Wildman–Crippen LogP) is 2.71. The lowest BCUT2D eigenvalue weighted by atomic mass is 10.2. The van der Waals surface area contributed by atoms with E-state index >= 15 is 0 Å². The summed E-state index contributed by atoms with van der Waals surface area (Å²) in [5.74, 6) is 1.86. The van der Waals surface area contributed by atoms with Crippen LogP contribution in [0.4, 0.5) is 5.69 Å². The highest BCUT2D eigenvalue weighted by Crippen LogP contribution is 2.28. The summed E-state index contributed by atoms with van der Waals surface area (Å²) in [6.07, 6.45) is 1.20. The van der Waals surface area contributed by atoms with Crippen LogP contribution in [0.1, 0.15) is 12.0 Å². The van der Waals surface area contributed by atoms with E-state index in [0.717, 1.165) is 30.6 Å². The van der Waals surface area contributed by atoms with E-state index < -0.39 is 0 Å². The molecule has 0 aliphatic carbocycles. The maximum Gasteiger partial charge on any atom is 0.0503 e. The summed E-state index contributed by atoms with van der Waals surface area (Å²) in [4.78, 5) is 1.31. The van der Waals surface area contributed by atoms with Crippen molar-refractivity contribution in [2.45, 2.75) is 18.2 Å². The topological polar surface area (TPSA) is 35.2 Å². The van der Waals surface area contributed by atoms with E-state index in [4.69, 9.17) is 10.5 Å². The lowest BCUT2D eigenvalue weighted by Gasteiger charge is -2.09. The molecule has 1 fully saturated rings. The number of hydrogen-bond donors (Lipinski definition) is 1. The third-order valence-electron chi connectivity index (χ3n) is 2.71. The first-order chi connectivity index (χ1) is 7.25. The van der Waals surface area contributed by atoms with Gasteiger partial charge in [0.15, 0.2) is 0 Å². The Labute approximate surface area is 95.2 Å². The number of ether oxygens (including phenoxy) is 1. The van der Waals surface area contributed by atoms with Gasteiger partial charge in [-0.15, -0.1) is 11.8 Å². The summed E-state index contributed by atoms with van der Waals surface area (Å²) in [7, 11) is 0. The average Bonchev–Trinajstić information content (AvgIpc) is 2.72. The van der Waals surface area contributed by atoms with Gasteiger partial charge in [-0.3, -0.25) is 0 Å². The highest BCUT2D eigenvalue weighted by molar-refractivity contribution is 7.99. The van der Waals surface area contributed by atoms with Gasteiger partial charge >= 0.3 is 0 Å². The van der Waals surface area contributed by atoms with Crippen molar-refractivity contribution >= 4 is 17.4 Å². The Morgan fingerprint density at radius 2 is 2.40 bits per heavy atom. The SMILES string of the molecule is Cc1ccc(N)cc1SCC1CCOC1. The summed E-state index contributed by atoms with van der Waals surface area (Å²) >= 11 is 1.90. The Balaban J connectivity index is 1.94. The van der Waals surface area contributed by atoms with Crippen molar-refractivity contribution in [2.75, 3.05) is 24.7 Å². The molecule has 3 heteroatoms. The number of benzene rings is 1. The van der Waals surface area contributed by atoms with Crippen molar-refractivity contribution in [3.8, 4) is 0 Å². The molecular formula is C12H17NOS. The molecule has 1 saturated heterocycles. The highest BCUT2D eigenvalue weighted by atomic mass is 32.2. The van der Waals surface area contributed by atoms with E-state index in [-0.39, 0.29) is 0 Å². The fraction of sp³-hybridized carbons (Fsp3) is 0.500. The van der Waals surface area contributed by atoms with Crippen LogP contribution in [-0.2, 0) is 4.74 Å². The molecule has 1 aromatic rings. The molecular weight excluding hydrogens is 206 g/mol. The Bertz CT molecular complexity index is 334. The minimum atomic E-state index is 0.718. The van der Waals surface area contributed by atoms with Crippen LogP contribution in [0.2, 0.25) is 0 Å². The van der Waals surface area contributed by atoms with Crippen molar-refractivity contribution in [3.63, 3.8) is 0 Å². The molecule has 1 heterocycles. The second-order valence-electron chi connectivity index (χ2n) is 4.07. The minimum absolute atomic E-state index is 0.718. The van der Waals surface area contributed by atoms with Gasteiger partial charge in [0.1, 0.15) is 0 Å². The van der Waals surface area contributed by atoms with Crippen LogP contribution in [0, 0.1) is 12.8 Å². The van der Waals surface area contributed by atoms with Gasteiger partial charge in [-0.1, -0.05) is 6.07 Å². The van der Waals surface area contributed by atoms with Crippen molar-refractivity contribution in [1.29, 1.82) is 0 Å².